The van der Waals surface area contributed by atoms with Gasteiger partial charge in [-0.2, -0.15) is 12.1 Å². The number of aromatic nitrogens is 4. The Morgan fingerprint density at radius 1 is 0.412 bits per heavy atom. The van der Waals surface area contributed by atoms with Gasteiger partial charge in [-0.1, -0.05) is 178 Å². The summed E-state index contributed by atoms with van der Waals surface area (Å²) in [5, 5.41) is 7.00. The number of pyridine rings is 1. The molecule has 85 heavy (non-hydrogen) atoms. The van der Waals surface area contributed by atoms with E-state index >= 15 is 0 Å². The van der Waals surface area contributed by atoms with Gasteiger partial charge in [0.1, 0.15) is 5.82 Å². The summed E-state index contributed by atoms with van der Waals surface area (Å²) in [5.74, 6) is 1.94. The number of ether oxygens (including phenoxy) is 1. The van der Waals surface area contributed by atoms with Crippen LogP contribution < -0.4 is 14.5 Å². The molecule has 1 aliphatic rings. The van der Waals surface area contributed by atoms with Gasteiger partial charge in [-0.3, -0.25) is 0 Å². The molecule has 0 saturated heterocycles. The smallest absolute Gasteiger partial charge is 0.135 e. The van der Waals surface area contributed by atoms with E-state index in [9.17, 15) is 0 Å². The quantitative estimate of drug-likeness (QED) is 0.135. The Morgan fingerprint density at radius 3 is 1.48 bits per heavy atom. The van der Waals surface area contributed by atoms with Crippen molar-refractivity contribution in [3.05, 3.63) is 285 Å². The minimum absolute atomic E-state index is 0. The number of anilines is 4. The summed E-state index contributed by atoms with van der Waals surface area (Å²) in [4.78, 5) is 9.99. The molecule has 0 fully saturated rings. The van der Waals surface area contributed by atoms with Crippen molar-refractivity contribution in [2.75, 3.05) is 9.80 Å². The van der Waals surface area contributed by atoms with Crippen LogP contribution in [0.5, 0.6) is 11.5 Å². The maximum absolute atomic E-state index is 6.82. The number of rotatable bonds is 9. The molecule has 0 unspecified atom stereocenters. The van der Waals surface area contributed by atoms with Crippen LogP contribution in [0.15, 0.2) is 255 Å². The van der Waals surface area contributed by atoms with E-state index in [2.05, 4.69) is 307 Å². The zero-order valence-corrected chi connectivity index (χ0v) is 49.5. The molecule has 7 nitrogen and oxygen atoms in total. The van der Waals surface area contributed by atoms with Gasteiger partial charge in [-0.15, -0.1) is 48.1 Å². The van der Waals surface area contributed by atoms with Crippen molar-refractivity contribution in [1.82, 2.24) is 18.7 Å². The van der Waals surface area contributed by atoms with Gasteiger partial charge in [0.25, 0.3) is 0 Å². The fourth-order valence-corrected chi connectivity index (χ4v) is 12.9. The first-order valence-corrected chi connectivity index (χ1v) is 28.7. The third-order valence-electron chi connectivity index (χ3n) is 16.9. The number of aryl methyl sites for hydroxylation is 1. The predicted octanol–water partition coefficient (Wildman–Crippen LogP) is 20.1. The van der Waals surface area contributed by atoms with Crippen LogP contribution in [0.3, 0.4) is 0 Å². The number of fused-ring (bicyclic) bond motifs is 10. The third-order valence-corrected chi connectivity index (χ3v) is 16.9. The third kappa shape index (κ3) is 8.47. The van der Waals surface area contributed by atoms with E-state index in [1.807, 2.05) is 18.2 Å². The van der Waals surface area contributed by atoms with E-state index in [1.165, 1.54) is 27.1 Å². The molecule has 0 N–H and O–H groups in total. The first kappa shape index (κ1) is 51.9. The van der Waals surface area contributed by atoms with Crippen LogP contribution in [-0.2, 0) is 26.5 Å². The van der Waals surface area contributed by atoms with Crippen LogP contribution >= 0.6 is 0 Å². The first-order chi connectivity index (χ1) is 41.2. The predicted molar refractivity (Wildman–Crippen MR) is 347 cm³/mol. The van der Waals surface area contributed by atoms with E-state index in [0.717, 1.165) is 112 Å². The fourth-order valence-electron chi connectivity index (χ4n) is 12.9. The van der Waals surface area contributed by atoms with E-state index in [4.69, 9.17) is 9.72 Å². The molecule has 0 radical (unpaired) electrons. The molecular formula is C77H55N6OPt-3. The van der Waals surface area contributed by atoms with Crippen molar-refractivity contribution in [3.8, 4) is 50.9 Å². The topological polar surface area (TPSA) is 43.4 Å². The van der Waals surface area contributed by atoms with Gasteiger partial charge >= 0.3 is 0 Å². The van der Waals surface area contributed by atoms with Crippen molar-refractivity contribution in [2.45, 2.75) is 33.1 Å². The molecule has 8 heteroatoms. The SMILES string of the molecule is Cc1cc(-n2c3[c-]c(Oc4[c-]c(N5[CH-]N(c6cc(C(C)(C)C)ccc6-c6ccccc6)c6ccccc65)ccc4)ccc3c3ccccc32)ncc1-c1c(-n2c3ccccc3c3ccccc32)cccc1-n1c2ccccc2c2ccccc21.[Pt]. The second kappa shape index (κ2) is 20.4. The Bertz CT molecular complexity index is 4880. The van der Waals surface area contributed by atoms with Crippen molar-refractivity contribution < 1.29 is 25.8 Å². The zero-order valence-electron chi connectivity index (χ0n) is 47.2. The molecule has 0 atom stereocenters. The van der Waals surface area contributed by atoms with Gasteiger partial charge in [0, 0.05) is 99.6 Å². The van der Waals surface area contributed by atoms with Gasteiger partial charge in [0.05, 0.1) is 33.4 Å². The average Bonchev–Trinajstić information content (AvgIpc) is 3.01. The van der Waals surface area contributed by atoms with Gasteiger partial charge in [-0.05, 0) is 101 Å². The molecular weight excluding hydrogens is 1220 g/mol. The molecule has 0 spiro atoms. The molecule has 16 rings (SSSR count). The Labute approximate surface area is 508 Å². The summed E-state index contributed by atoms with van der Waals surface area (Å²) in [5.41, 5.74) is 19.5. The number of para-hydroxylation sites is 7. The summed E-state index contributed by atoms with van der Waals surface area (Å²) >= 11 is 0. The molecule has 1 aliphatic heterocycles. The molecule has 0 bridgehead atoms. The number of hydrogen-bond donors (Lipinski definition) is 0. The largest absolute Gasteiger partial charge is 0.509 e. The molecule has 5 heterocycles. The molecule has 15 aromatic rings. The second-order valence-electron chi connectivity index (χ2n) is 22.9. The maximum atomic E-state index is 6.82. The number of hydrogen-bond acceptors (Lipinski definition) is 4. The number of benzene rings is 11. The van der Waals surface area contributed by atoms with Crippen LogP contribution in [0.25, 0.3) is 105 Å². The monoisotopic (exact) mass is 1270 g/mol. The van der Waals surface area contributed by atoms with Gasteiger partial charge < -0.3 is 28.2 Å². The van der Waals surface area contributed by atoms with Gasteiger partial charge in [0.15, 0.2) is 0 Å². The van der Waals surface area contributed by atoms with Crippen molar-refractivity contribution in [1.29, 1.82) is 0 Å². The van der Waals surface area contributed by atoms with E-state index in [-0.39, 0.29) is 26.5 Å². The van der Waals surface area contributed by atoms with Crippen molar-refractivity contribution >= 4 is 88.2 Å². The fraction of sp³-hybridized carbons (Fsp3) is 0.0649. The second-order valence-corrected chi connectivity index (χ2v) is 22.9. The Morgan fingerprint density at radius 2 is 0.906 bits per heavy atom. The zero-order chi connectivity index (χ0) is 56.2. The standard InChI is InChI=1S/C77H55N6O.Pt/c1-50-44-75(78-48-63(50)76-71(81-64-31-13-8-26-57(64)58-27-9-14-32-65(58)81)38-21-39-72(76)82-66-33-15-10-28-59(66)60-29-11-16-34-67(60)82)83-68-35-17-12-30-61(68)62-43-41-55(47-74(62)83)84-54-25-20-24-53(46-54)79-49-80(70-37-19-18-36-69(70)79)73-45-52(77(2,3)4)40-42-56(73)51-22-6-5-7-23-51;/h5-45,48-49H,1-4H3;/q-3;. The van der Waals surface area contributed by atoms with E-state index < -0.39 is 0 Å². The Hall–Kier alpha value is -9.94. The van der Waals surface area contributed by atoms with Crippen molar-refractivity contribution in [3.63, 3.8) is 0 Å². The van der Waals surface area contributed by atoms with Crippen LogP contribution in [0.4, 0.5) is 22.7 Å². The van der Waals surface area contributed by atoms with E-state index in [1.54, 1.807) is 0 Å². The maximum Gasteiger partial charge on any atom is 0.135 e. The van der Waals surface area contributed by atoms with Crippen LogP contribution in [0.2, 0.25) is 0 Å². The minimum Gasteiger partial charge on any atom is -0.509 e. The summed E-state index contributed by atoms with van der Waals surface area (Å²) in [6.45, 7) is 11.2. The summed E-state index contributed by atoms with van der Waals surface area (Å²) in [6.07, 6.45) is 2.08. The minimum atomic E-state index is -0.0416. The summed E-state index contributed by atoms with van der Waals surface area (Å²) < 4.78 is 13.9. The van der Waals surface area contributed by atoms with Crippen LogP contribution in [-0.4, -0.2) is 18.7 Å². The molecule has 0 saturated carbocycles. The van der Waals surface area contributed by atoms with Crippen LogP contribution in [0, 0.1) is 25.7 Å². The molecule has 412 valence electrons. The number of nitrogens with zero attached hydrogens (tertiary/aromatic N) is 6. The molecule has 0 amide bonds. The molecule has 0 aliphatic carbocycles. The van der Waals surface area contributed by atoms with Gasteiger partial charge in [0.2, 0.25) is 0 Å². The average molecular weight is 1280 g/mol. The molecule has 11 aromatic carbocycles. The summed E-state index contributed by atoms with van der Waals surface area (Å²) in [7, 11) is 0. The first-order valence-electron chi connectivity index (χ1n) is 28.7. The normalized spacial score (nSPS) is 12.5. The van der Waals surface area contributed by atoms with Crippen LogP contribution in [0.1, 0.15) is 31.9 Å². The van der Waals surface area contributed by atoms with Gasteiger partial charge in [-0.25, -0.2) is 4.98 Å². The summed E-state index contributed by atoms with van der Waals surface area (Å²) in [6, 6.07) is 96.2. The Kier molecular flexibility index (Phi) is 12.5. The van der Waals surface area contributed by atoms with Crippen molar-refractivity contribution in [2.24, 2.45) is 0 Å². The molecule has 4 aromatic heterocycles. The van der Waals surface area contributed by atoms with E-state index in [0.29, 0.717) is 11.5 Å². The Balaban J connectivity index is 0.00000613.